The fourth-order valence-electron chi connectivity index (χ4n) is 10.4. The molecule has 10 bridgehead atoms. The lowest BCUT2D eigenvalue weighted by molar-refractivity contribution is 0.227. The number of hydrogen-bond acceptors (Lipinski definition) is 9. The number of aromatic nitrogens is 8. The largest absolute Gasteiger partial charge is 0.493 e. The third kappa shape index (κ3) is 9.07. The van der Waals surface area contributed by atoms with Crippen LogP contribution in [0.5, 0.6) is 5.75 Å². The maximum atomic E-state index is 6.35. The van der Waals surface area contributed by atoms with Crippen LogP contribution in [0, 0.1) is 17.8 Å². The first kappa shape index (κ1) is 44.3. The predicted molar refractivity (Wildman–Crippen MR) is 261 cm³/mol. The summed E-state index contributed by atoms with van der Waals surface area (Å²) in [5.74, 6) is 5.93. The monoisotopic (exact) mass is 851 g/mol. The van der Waals surface area contributed by atoms with Crippen molar-refractivity contribution in [2.75, 3.05) is 37.5 Å². The van der Waals surface area contributed by atoms with Gasteiger partial charge in [-0.25, -0.2) is 29.9 Å². The minimum atomic E-state index is 0.621. The number of benzene rings is 1. The van der Waals surface area contributed by atoms with Gasteiger partial charge in [-0.05, 0) is 86.8 Å². The van der Waals surface area contributed by atoms with Gasteiger partial charge in [0.05, 0.1) is 6.61 Å². The number of anilines is 2. The number of ether oxygens (including phenoxy) is 1. The second kappa shape index (κ2) is 19.6. The Morgan fingerprint density at radius 1 is 0.540 bits per heavy atom. The second-order valence-electron chi connectivity index (χ2n) is 18.4. The number of fused-ring (bicyclic) bond motifs is 10. The van der Waals surface area contributed by atoms with Crippen molar-refractivity contribution >= 4 is 56.3 Å². The predicted octanol–water partition coefficient (Wildman–Crippen LogP) is 12.1. The molecular formula is C52H70N10O. The molecule has 4 aromatic rings. The minimum Gasteiger partial charge on any atom is -0.493 e. The van der Waals surface area contributed by atoms with E-state index < -0.39 is 0 Å². The molecule has 63 heavy (non-hydrogen) atoms. The zero-order valence-corrected chi connectivity index (χ0v) is 39.5. The second-order valence-corrected chi connectivity index (χ2v) is 18.4. The van der Waals surface area contributed by atoms with Crippen LogP contribution in [0.1, 0.15) is 159 Å². The molecule has 3 atom stereocenters. The molecule has 0 amide bonds. The van der Waals surface area contributed by atoms with E-state index in [-0.39, 0.29) is 0 Å². The summed E-state index contributed by atoms with van der Waals surface area (Å²) in [6.07, 6.45) is 18.5. The number of H-pyrrole nitrogens is 2. The summed E-state index contributed by atoms with van der Waals surface area (Å²) in [5, 5.41) is 0. The average Bonchev–Trinajstić information content (AvgIpc) is 4.13. The third-order valence-electron chi connectivity index (χ3n) is 13.2. The minimum absolute atomic E-state index is 0.621. The van der Waals surface area contributed by atoms with Crippen molar-refractivity contribution < 1.29 is 4.74 Å². The van der Waals surface area contributed by atoms with Gasteiger partial charge in [0.1, 0.15) is 28.4 Å². The van der Waals surface area contributed by atoms with Crippen LogP contribution in [0.25, 0.3) is 44.9 Å². The quantitative estimate of drug-likeness (QED) is 0.0887. The van der Waals surface area contributed by atoms with Crippen molar-refractivity contribution in [3.63, 3.8) is 0 Å². The van der Waals surface area contributed by atoms with E-state index in [1.807, 2.05) is 0 Å². The SMILES string of the molecule is CCCC1=C(CCC)c2nc1nc1nc(nc3[nH]c(nc4[nH]c(n2)c(CCC)c4CCC)c(N(C)C)c3N(C)Cc2ccc(OCC3C[C@H]4C=C[C@@H]3C4)cc2)C(CCC)=C1CCC. The normalized spacial score (nSPS) is 18.0. The van der Waals surface area contributed by atoms with Crippen molar-refractivity contribution in [3.8, 4) is 5.75 Å². The van der Waals surface area contributed by atoms with Gasteiger partial charge in [0.15, 0.2) is 34.6 Å². The van der Waals surface area contributed by atoms with Crippen LogP contribution in [0.2, 0.25) is 0 Å². The fraction of sp³-hybridized carbons (Fsp3) is 0.538. The molecule has 3 aromatic heterocycles. The molecule has 1 aromatic carbocycles. The molecule has 8 rings (SSSR count). The van der Waals surface area contributed by atoms with E-state index in [4.69, 9.17) is 34.6 Å². The molecule has 2 aliphatic carbocycles. The first-order chi connectivity index (χ1) is 30.7. The Bertz CT molecular complexity index is 2540. The summed E-state index contributed by atoms with van der Waals surface area (Å²) in [7, 11) is 6.34. The molecule has 0 radical (unpaired) electrons. The van der Waals surface area contributed by atoms with Crippen molar-refractivity contribution in [1.29, 1.82) is 0 Å². The van der Waals surface area contributed by atoms with Gasteiger partial charge in [-0.15, -0.1) is 0 Å². The van der Waals surface area contributed by atoms with Gasteiger partial charge in [0.2, 0.25) is 0 Å². The molecule has 1 fully saturated rings. The molecule has 334 valence electrons. The van der Waals surface area contributed by atoms with Crippen LogP contribution in [0.4, 0.5) is 11.4 Å². The third-order valence-corrected chi connectivity index (χ3v) is 13.2. The zero-order valence-electron chi connectivity index (χ0n) is 39.5. The number of nitrogens with one attached hydrogen (secondary N) is 2. The van der Waals surface area contributed by atoms with Crippen molar-refractivity contribution in [1.82, 2.24) is 39.9 Å². The van der Waals surface area contributed by atoms with E-state index in [0.717, 1.165) is 152 Å². The molecule has 1 unspecified atom stereocenters. The molecule has 0 spiro atoms. The summed E-state index contributed by atoms with van der Waals surface area (Å²) >= 11 is 0. The van der Waals surface area contributed by atoms with Gasteiger partial charge >= 0.3 is 0 Å². The highest BCUT2D eigenvalue weighted by Crippen LogP contribution is 2.44. The summed E-state index contributed by atoms with van der Waals surface area (Å²) in [6.45, 7) is 14.8. The highest BCUT2D eigenvalue weighted by atomic mass is 16.5. The van der Waals surface area contributed by atoms with Crippen LogP contribution in [-0.2, 0) is 19.4 Å². The lowest BCUT2D eigenvalue weighted by Gasteiger charge is -2.23. The van der Waals surface area contributed by atoms with E-state index >= 15 is 0 Å². The van der Waals surface area contributed by atoms with Crippen LogP contribution < -0.4 is 14.5 Å². The van der Waals surface area contributed by atoms with Crippen LogP contribution in [-0.4, -0.2) is 67.6 Å². The fourth-order valence-corrected chi connectivity index (χ4v) is 10.4. The molecule has 2 aliphatic heterocycles. The van der Waals surface area contributed by atoms with Gasteiger partial charge in [-0.2, -0.15) is 0 Å². The zero-order chi connectivity index (χ0) is 44.2. The maximum Gasteiger partial charge on any atom is 0.160 e. The Balaban J connectivity index is 1.34. The Morgan fingerprint density at radius 2 is 1.02 bits per heavy atom. The molecule has 1 saturated carbocycles. The first-order valence-electron chi connectivity index (χ1n) is 24.2. The Kier molecular flexibility index (Phi) is 13.8. The highest BCUT2D eigenvalue weighted by molar-refractivity contribution is 5.97. The number of aryl methyl sites for hydroxylation is 2. The van der Waals surface area contributed by atoms with E-state index in [9.17, 15) is 0 Å². The number of nitrogens with zero attached hydrogens (tertiary/aromatic N) is 8. The molecule has 11 nitrogen and oxygen atoms in total. The summed E-state index contributed by atoms with van der Waals surface area (Å²) in [6, 6.07) is 8.63. The topological polar surface area (TPSA) is 125 Å². The van der Waals surface area contributed by atoms with E-state index in [1.54, 1.807) is 0 Å². The van der Waals surface area contributed by atoms with Crippen LogP contribution in [0.3, 0.4) is 0 Å². The van der Waals surface area contributed by atoms with E-state index in [1.165, 1.54) is 46.3 Å². The highest BCUT2D eigenvalue weighted by Gasteiger charge is 2.36. The smallest absolute Gasteiger partial charge is 0.160 e. The van der Waals surface area contributed by atoms with Crippen LogP contribution in [0.15, 0.2) is 36.4 Å². The van der Waals surface area contributed by atoms with Crippen molar-refractivity contribution in [3.05, 3.63) is 76.4 Å². The number of allylic oxidation sites excluding steroid dienone is 6. The number of rotatable bonds is 19. The standard InChI is InChI=1S/C52H70N10O/c1-10-16-37-38(17-11-2)46-53-45(37)54-47-39(18-12-3)41(20-14-5)49(56-47)58-51-43(61(7)8)44(52(60-51)59-50-42(21-15-6)40(19-13-4)48(55-46)57-50)62(9)30-32-23-26-36(27-24-32)63-31-35-29-33-22-25-34(35)28-33/h22-27,33-35H,10-21,28-31H2,1-9H3,(H2,53,54,55,56,57,58,59,60)/t33-,34+,35?/m0/s1. The Hall–Kier alpha value is -5.32. The number of hydrogen-bond donors (Lipinski definition) is 2. The van der Waals surface area contributed by atoms with Crippen molar-refractivity contribution in [2.24, 2.45) is 17.8 Å². The molecule has 11 heteroatoms. The van der Waals surface area contributed by atoms with Crippen LogP contribution >= 0.6 is 0 Å². The molecule has 2 N–H and O–H groups in total. The van der Waals surface area contributed by atoms with Crippen molar-refractivity contribution in [2.45, 2.75) is 138 Å². The van der Waals surface area contributed by atoms with E-state index in [0.29, 0.717) is 24.2 Å². The lowest BCUT2D eigenvalue weighted by atomic mass is 9.95. The average molecular weight is 851 g/mol. The Labute approximate surface area is 375 Å². The van der Waals surface area contributed by atoms with Gasteiger partial charge in [0.25, 0.3) is 0 Å². The molecular weight excluding hydrogens is 781 g/mol. The summed E-state index contributed by atoms with van der Waals surface area (Å²) in [5.41, 5.74) is 13.4. The summed E-state index contributed by atoms with van der Waals surface area (Å²) < 4.78 is 6.35. The van der Waals surface area contributed by atoms with Gasteiger partial charge in [0, 0.05) is 61.1 Å². The van der Waals surface area contributed by atoms with Gasteiger partial charge in [-0.3, -0.25) is 0 Å². The first-order valence-corrected chi connectivity index (χ1v) is 24.2. The molecule has 0 saturated heterocycles. The lowest BCUT2D eigenvalue weighted by Crippen LogP contribution is -2.20. The summed E-state index contributed by atoms with van der Waals surface area (Å²) in [4.78, 5) is 44.4. The van der Waals surface area contributed by atoms with E-state index in [2.05, 4.69) is 119 Å². The van der Waals surface area contributed by atoms with Gasteiger partial charge < -0.3 is 24.5 Å². The molecule has 4 aliphatic rings. The number of aromatic amines is 2. The maximum absolute atomic E-state index is 6.35. The molecule has 5 heterocycles. The Morgan fingerprint density at radius 3 is 1.49 bits per heavy atom. The van der Waals surface area contributed by atoms with Gasteiger partial charge in [-0.1, -0.05) is 104 Å².